The number of hydrogen-bond acceptors (Lipinski definition) is 5. The third-order valence-corrected chi connectivity index (χ3v) is 9.25. The molecule has 0 aliphatic carbocycles. The molecule has 1 spiro atoms. The molecule has 0 bridgehead atoms. The summed E-state index contributed by atoms with van der Waals surface area (Å²) in [5.41, 5.74) is 7.62. The lowest BCUT2D eigenvalue weighted by Crippen LogP contribution is -2.33. The molecule has 0 saturated carbocycles. The fraction of sp³-hybridized carbons (Fsp3) is 0.0227. The van der Waals surface area contributed by atoms with Crippen LogP contribution in [0.2, 0.25) is 0 Å². The average molecular weight is 635 g/mol. The Morgan fingerprint density at radius 2 is 0.776 bits per heavy atom. The van der Waals surface area contributed by atoms with Gasteiger partial charge in [0.25, 0.3) is 0 Å². The number of ether oxygens (including phenoxy) is 2. The van der Waals surface area contributed by atoms with Crippen molar-refractivity contribution in [1.82, 2.24) is 0 Å². The average Bonchev–Trinajstić information content (AvgIpc) is 3.45. The van der Waals surface area contributed by atoms with Crippen molar-refractivity contribution in [2.24, 2.45) is 0 Å². The first kappa shape index (κ1) is 28.6. The van der Waals surface area contributed by atoms with Crippen LogP contribution in [0.1, 0.15) is 27.0 Å². The molecule has 234 valence electrons. The van der Waals surface area contributed by atoms with Crippen LogP contribution in [-0.4, -0.2) is 5.97 Å². The molecule has 0 fully saturated rings. The van der Waals surface area contributed by atoms with Crippen LogP contribution >= 0.6 is 0 Å². The summed E-state index contributed by atoms with van der Waals surface area (Å²) in [6.45, 7) is 0. The number of esters is 1. The molecule has 0 atom stereocenters. The van der Waals surface area contributed by atoms with Crippen molar-refractivity contribution in [1.29, 1.82) is 0 Å². The normalized spacial score (nSPS) is 13.4. The molecule has 2 aliphatic heterocycles. The van der Waals surface area contributed by atoms with Crippen LogP contribution in [0.15, 0.2) is 182 Å². The van der Waals surface area contributed by atoms with Crippen molar-refractivity contribution in [3.8, 4) is 11.5 Å². The molecule has 5 nitrogen and oxygen atoms in total. The van der Waals surface area contributed by atoms with Gasteiger partial charge in [-0.25, -0.2) is 4.79 Å². The quantitative estimate of drug-likeness (QED) is 0.170. The van der Waals surface area contributed by atoms with E-state index in [1.54, 1.807) is 0 Å². The lowest BCUT2D eigenvalue weighted by Gasteiger charge is -2.38. The first-order valence-corrected chi connectivity index (χ1v) is 16.3. The van der Waals surface area contributed by atoms with E-state index in [1.807, 2.05) is 121 Å². The van der Waals surface area contributed by atoms with E-state index in [1.165, 1.54) is 0 Å². The highest BCUT2D eigenvalue weighted by Gasteiger charge is 2.53. The van der Waals surface area contributed by atoms with Gasteiger partial charge in [-0.1, -0.05) is 91.0 Å². The van der Waals surface area contributed by atoms with Crippen LogP contribution in [0.4, 0.5) is 34.1 Å². The van der Waals surface area contributed by atoms with Gasteiger partial charge >= 0.3 is 5.97 Å². The van der Waals surface area contributed by atoms with Crippen molar-refractivity contribution in [3.05, 3.63) is 204 Å². The van der Waals surface area contributed by atoms with Crippen molar-refractivity contribution >= 4 is 40.1 Å². The number of anilines is 6. The van der Waals surface area contributed by atoms with Gasteiger partial charge in [-0.15, -0.1) is 0 Å². The Morgan fingerprint density at radius 3 is 1.20 bits per heavy atom. The summed E-state index contributed by atoms with van der Waals surface area (Å²) >= 11 is 0. The van der Waals surface area contributed by atoms with Gasteiger partial charge in [-0.05, 0) is 78.9 Å². The summed E-state index contributed by atoms with van der Waals surface area (Å²) in [6, 6.07) is 61.0. The Bertz CT molecular complexity index is 2100. The monoisotopic (exact) mass is 634 g/mol. The smallest absolute Gasteiger partial charge is 0.340 e. The summed E-state index contributed by atoms with van der Waals surface area (Å²) in [5, 5.41) is 0. The molecule has 0 N–H and O–H groups in total. The van der Waals surface area contributed by atoms with Gasteiger partial charge in [0.05, 0.1) is 5.56 Å². The fourth-order valence-electron chi connectivity index (χ4n) is 7.13. The lowest BCUT2D eigenvalue weighted by molar-refractivity contribution is 0.0224. The number of hydrogen-bond donors (Lipinski definition) is 0. The van der Waals surface area contributed by atoms with Crippen molar-refractivity contribution in [2.45, 2.75) is 5.60 Å². The van der Waals surface area contributed by atoms with E-state index >= 15 is 0 Å². The molecule has 2 heterocycles. The molecule has 5 heteroatoms. The molecule has 7 aromatic rings. The molecule has 2 aliphatic rings. The van der Waals surface area contributed by atoms with Gasteiger partial charge in [-0.2, -0.15) is 0 Å². The molecule has 0 unspecified atom stereocenters. The lowest BCUT2D eigenvalue weighted by atomic mass is 9.77. The van der Waals surface area contributed by atoms with Gasteiger partial charge in [0, 0.05) is 62.9 Å². The minimum atomic E-state index is -1.18. The van der Waals surface area contributed by atoms with E-state index < -0.39 is 5.60 Å². The van der Waals surface area contributed by atoms with E-state index in [4.69, 9.17) is 9.47 Å². The highest BCUT2D eigenvalue weighted by molar-refractivity contribution is 5.97. The molecule has 9 rings (SSSR count). The topological polar surface area (TPSA) is 42.0 Å². The molecule has 0 amide bonds. The number of carbonyl (C=O) groups is 1. The molecule has 0 radical (unpaired) electrons. The molecule has 0 aromatic heterocycles. The highest BCUT2D eigenvalue weighted by atomic mass is 16.6. The molecular formula is C44H30N2O3. The number of benzene rings is 7. The van der Waals surface area contributed by atoms with Crippen LogP contribution in [0.3, 0.4) is 0 Å². The van der Waals surface area contributed by atoms with E-state index in [2.05, 4.69) is 70.5 Å². The second-order valence-electron chi connectivity index (χ2n) is 12.1. The van der Waals surface area contributed by atoms with E-state index in [0.717, 1.165) is 50.8 Å². The largest absolute Gasteiger partial charge is 0.456 e. The third kappa shape index (κ3) is 4.67. The number of rotatable bonds is 6. The summed E-state index contributed by atoms with van der Waals surface area (Å²) < 4.78 is 13.4. The Labute approximate surface area is 284 Å². The summed E-state index contributed by atoms with van der Waals surface area (Å²) in [7, 11) is 0. The van der Waals surface area contributed by atoms with E-state index in [9.17, 15) is 4.79 Å². The Kier molecular flexibility index (Phi) is 6.76. The third-order valence-electron chi connectivity index (χ3n) is 9.25. The second-order valence-corrected chi connectivity index (χ2v) is 12.1. The van der Waals surface area contributed by atoms with Crippen molar-refractivity contribution in [2.75, 3.05) is 9.80 Å². The second kappa shape index (κ2) is 11.6. The van der Waals surface area contributed by atoms with Gasteiger partial charge in [0.2, 0.25) is 0 Å². The molecule has 49 heavy (non-hydrogen) atoms. The minimum Gasteiger partial charge on any atom is -0.456 e. The predicted octanol–water partition coefficient (Wildman–Crippen LogP) is 11.2. The summed E-state index contributed by atoms with van der Waals surface area (Å²) in [4.78, 5) is 18.0. The van der Waals surface area contributed by atoms with Gasteiger partial charge in [0.1, 0.15) is 11.5 Å². The van der Waals surface area contributed by atoms with Crippen molar-refractivity contribution < 1.29 is 14.3 Å². The van der Waals surface area contributed by atoms with Crippen molar-refractivity contribution in [3.63, 3.8) is 0 Å². The van der Waals surface area contributed by atoms with Crippen LogP contribution < -0.4 is 14.5 Å². The first-order chi connectivity index (χ1) is 24.2. The highest BCUT2D eigenvalue weighted by Crippen LogP contribution is 2.58. The van der Waals surface area contributed by atoms with Crippen LogP contribution in [0, 0.1) is 0 Å². The summed E-state index contributed by atoms with van der Waals surface area (Å²) in [6.07, 6.45) is 0. The Balaban J connectivity index is 1.25. The first-order valence-electron chi connectivity index (χ1n) is 16.3. The fourth-order valence-corrected chi connectivity index (χ4v) is 7.13. The van der Waals surface area contributed by atoms with E-state index in [-0.39, 0.29) is 5.97 Å². The maximum absolute atomic E-state index is 13.6. The standard InChI is InChI=1S/C44H30N2O3/c47-43-37-23-13-14-24-38(37)44(49-43)39-27-25-35(45(31-15-5-1-6-16-31)32-17-7-2-8-18-32)29-41(39)48-42-30-36(26-28-40(42)44)46(33-19-9-3-10-20-33)34-21-11-4-12-22-34/h1-30H. The van der Waals surface area contributed by atoms with Crippen LogP contribution in [-0.2, 0) is 10.3 Å². The zero-order chi connectivity index (χ0) is 32.8. The molecule has 0 saturated heterocycles. The van der Waals surface area contributed by atoms with Gasteiger partial charge in [-0.3, -0.25) is 0 Å². The number of nitrogens with zero attached hydrogens (tertiary/aromatic N) is 2. The predicted molar refractivity (Wildman–Crippen MR) is 194 cm³/mol. The zero-order valence-corrected chi connectivity index (χ0v) is 26.4. The number of fused-ring (bicyclic) bond motifs is 6. The number of para-hydroxylation sites is 4. The number of carbonyl (C=O) groups excluding carboxylic acids is 1. The SMILES string of the molecule is O=C1OC2(c3ccc(N(c4ccccc4)c4ccccc4)cc3Oc3cc(N(c4ccccc4)c4ccccc4)ccc32)c2ccccc21. The maximum Gasteiger partial charge on any atom is 0.340 e. The van der Waals surface area contributed by atoms with E-state index in [0.29, 0.717) is 17.1 Å². The van der Waals surface area contributed by atoms with Crippen LogP contribution in [0.5, 0.6) is 11.5 Å². The molecular weight excluding hydrogens is 604 g/mol. The maximum atomic E-state index is 13.6. The molecule has 7 aromatic carbocycles. The van der Waals surface area contributed by atoms with Gasteiger partial charge < -0.3 is 19.3 Å². The van der Waals surface area contributed by atoms with Gasteiger partial charge in [0.15, 0.2) is 5.60 Å². The van der Waals surface area contributed by atoms with Crippen LogP contribution in [0.25, 0.3) is 0 Å². The Morgan fingerprint density at radius 1 is 0.388 bits per heavy atom. The zero-order valence-electron chi connectivity index (χ0n) is 26.4. The summed E-state index contributed by atoms with van der Waals surface area (Å²) in [5.74, 6) is 0.886. The minimum absolute atomic E-state index is 0.354. The Hall–Kier alpha value is -6.59.